The summed E-state index contributed by atoms with van der Waals surface area (Å²) in [5.74, 6) is -0.450. The Morgan fingerprint density at radius 1 is 1.11 bits per heavy atom. The topological polar surface area (TPSA) is 57.2 Å². The highest BCUT2D eigenvalue weighted by molar-refractivity contribution is 6.37. The Kier molecular flexibility index (Phi) is 4.65. The van der Waals surface area contributed by atoms with Crippen LogP contribution in [0, 0.1) is 0 Å². The summed E-state index contributed by atoms with van der Waals surface area (Å²) in [6.07, 6.45) is 0. The maximum Gasteiger partial charge on any atom is 0.387 e. The summed E-state index contributed by atoms with van der Waals surface area (Å²) in [6, 6.07) is 17.2. The third-order valence-corrected chi connectivity index (χ3v) is 4.89. The maximum absolute atomic E-state index is 12.5. The number of nitrogens with two attached hydrogens (primary N) is 1. The zero-order valence-corrected chi connectivity index (χ0v) is 15.3. The van der Waals surface area contributed by atoms with Gasteiger partial charge < -0.3 is 15.0 Å². The molecule has 1 aromatic heterocycles. The second kappa shape index (κ2) is 7.13. The number of nitrogens with zero attached hydrogens (tertiary/aromatic N) is 1. The lowest BCUT2D eigenvalue weighted by Crippen LogP contribution is -2.11. The highest BCUT2D eigenvalue weighted by Gasteiger charge is 2.18. The highest BCUT2D eigenvalue weighted by Crippen LogP contribution is 2.36. The molecular formula is C21H15ClF2N2O2. The van der Waals surface area contributed by atoms with Gasteiger partial charge in [-0.2, -0.15) is 8.78 Å². The van der Waals surface area contributed by atoms with Gasteiger partial charge in [-0.05, 0) is 35.9 Å². The number of alkyl halides is 2. The molecule has 0 unspecified atom stereocenters. The van der Waals surface area contributed by atoms with Crippen molar-refractivity contribution in [3.63, 3.8) is 0 Å². The number of carbonyl (C=O) groups excluding carboxylic acids is 1. The first-order valence-corrected chi connectivity index (χ1v) is 8.86. The van der Waals surface area contributed by atoms with Crippen LogP contribution in [-0.4, -0.2) is 17.1 Å². The number of aromatic nitrogens is 1. The average molecular weight is 401 g/mol. The average Bonchev–Trinajstić information content (AvgIpc) is 2.97. The van der Waals surface area contributed by atoms with Gasteiger partial charge in [0.25, 0.3) is 0 Å². The molecule has 0 aliphatic heterocycles. The fraction of sp³-hybridized carbons (Fsp3) is 0.0952. The Morgan fingerprint density at radius 2 is 1.86 bits per heavy atom. The number of hydrogen-bond acceptors (Lipinski definition) is 2. The van der Waals surface area contributed by atoms with E-state index in [0.717, 1.165) is 22.0 Å². The van der Waals surface area contributed by atoms with E-state index in [1.54, 1.807) is 30.3 Å². The van der Waals surface area contributed by atoms with Gasteiger partial charge in [0.05, 0.1) is 16.1 Å². The number of halogens is 3. The Hall–Kier alpha value is -3.12. The number of carbonyl (C=O) groups is 1. The van der Waals surface area contributed by atoms with E-state index in [-0.39, 0.29) is 5.75 Å². The number of primary amides is 1. The Balaban J connectivity index is 1.94. The standard InChI is InChI=1S/C21H15ClF2N2O2/c22-16-8-2-6-14-18-15(20(25)27)7-3-9-17(18)26(19(14)16)11-12-4-1-5-13(10-12)28-21(23)24/h1-10,21H,11H2,(H2,25,27). The molecule has 142 valence electrons. The molecule has 1 heterocycles. The van der Waals surface area contributed by atoms with Gasteiger partial charge in [0.1, 0.15) is 5.75 Å². The van der Waals surface area contributed by atoms with Gasteiger partial charge in [-0.3, -0.25) is 4.79 Å². The van der Waals surface area contributed by atoms with Crippen molar-refractivity contribution in [3.8, 4) is 5.75 Å². The number of amides is 1. The summed E-state index contributed by atoms with van der Waals surface area (Å²) in [5, 5.41) is 2.04. The molecule has 1 amide bonds. The second-order valence-corrected chi connectivity index (χ2v) is 6.72. The van der Waals surface area contributed by atoms with Crippen LogP contribution < -0.4 is 10.5 Å². The van der Waals surface area contributed by atoms with Crippen LogP contribution in [-0.2, 0) is 6.54 Å². The summed E-state index contributed by atoms with van der Waals surface area (Å²) in [4.78, 5) is 12.0. The van der Waals surface area contributed by atoms with Gasteiger partial charge >= 0.3 is 6.61 Å². The van der Waals surface area contributed by atoms with Crippen LogP contribution in [0.25, 0.3) is 21.8 Å². The first-order valence-electron chi connectivity index (χ1n) is 8.48. The Morgan fingerprint density at radius 3 is 2.61 bits per heavy atom. The molecule has 0 bridgehead atoms. The number of para-hydroxylation sites is 1. The second-order valence-electron chi connectivity index (χ2n) is 6.31. The molecule has 0 aliphatic carbocycles. The summed E-state index contributed by atoms with van der Waals surface area (Å²) >= 11 is 6.47. The van der Waals surface area contributed by atoms with E-state index in [2.05, 4.69) is 4.74 Å². The highest BCUT2D eigenvalue weighted by atomic mass is 35.5. The minimum Gasteiger partial charge on any atom is -0.435 e. The predicted octanol–water partition coefficient (Wildman–Crippen LogP) is 5.20. The molecule has 2 N–H and O–H groups in total. The zero-order chi connectivity index (χ0) is 19.8. The SMILES string of the molecule is NC(=O)c1cccc2c1c1cccc(Cl)c1n2Cc1cccc(OC(F)F)c1. The lowest BCUT2D eigenvalue weighted by Gasteiger charge is -2.11. The third kappa shape index (κ3) is 3.16. The van der Waals surface area contributed by atoms with Crippen molar-refractivity contribution in [2.45, 2.75) is 13.2 Å². The molecule has 0 spiro atoms. The number of hydrogen-bond donors (Lipinski definition) is 1. The van der Waals surface area contributed by atoms with Crippen molar-refractivity contribution in [2.24, 2.45) is 5.73 Å². The molecule has 28 heavy (non-hydrogen) atoms. The van der Waals surface area contributed by atoms with Gasteiger partial charge in [0.15, 0.2) is 0 Å². The van der Waals surface area contributed by atoms with Gasteiger partial charge in [-0.15, -0.1) is 0 Å². The molecule has 3 aromatic carbocycles. The van der Waals surface area contributed by atoms with E-state index in [9.17, 15) is 13.6 Å². The van der Waals surface area contributed by atoms with E-state index in [1.165, 1.54) is 6.07 Å². The lowest BCUT2D eigenvalue weighted by molar-refractivity contribution is -0.0498. The fourth-order valence-electron chi connectivity index (χ4n) is 3.53. The zero-order valence-electron chi connectivity index (χ0n) is 14.5. The molecule has 4 rings (SSSR count). The van der Waals surface area contributed by atoms with E-state index in [0.29, 0.717) is 22.5 Å². The molecule has 4 aromatic rings. The van der Waals surface area contributed by atoms with E-state index >= 15 is 0 Å². The molecule has 0 radical (unpaired) electrons. The maximum atomic E-state index is 12.5. The van der Waals surface area contributed by atoms with Crippen LogP contribution in [0.4, 0.5) is 8.78 Å². The minimum absolute atomic E-state index is 0.0807. The van der Waals surface area contributed by atoms with Crippen molar-refractivity contribution >= 4 is 39.3 Å². The van der Waals surface area contributed by atoms with Crippen molar-refractivity contribution in [1.82, 2.24) is 4.57 Å². The number of fused-ring (bicyclic) bond motifs is 3. The molecule has 0 atom stereocenters. The summed E-state index contributed by atoms with van der Waals surface area (Å²) in [6.45, 7) is -2.54. The van der Waals surface area contributed by atoms with E-state index in [4.69, 9.17) is 17.3 Å². The van der Waals surface area contributed by atoms with Gasteiger partial charge in [0, 0.05) is 22.9 Å². The molecular weight excluding hydrogens is 386 g/mol. The van der Waals surface area contributed by atoms with Crippen LogP contribution in [0.1, 0.15) is 15.9 Å². The van der Waals surface area contributed by atoms with Crippen LogP contribution in [0.3, 0.4) is 0 Å². The summed E-state index contributed by atoms with van der Waals surface area (Å²) in [5.41, 5.74) is 8.24. The van der Waals surface area contributed by atoms with Crippen molar-refractivity contribution in [3.05, 3.63) is 76.8 Å². The quantitative estimate of drug-likeness (QED) is 0.500. The number of benzene rings is 3. The monoisotopic (exact) mass is 400 g/mol. The predicted molar refractivity (Wildman–Crippen MR) is 105 cm³/mol. The van der Waals surface area contributed by atoms with E-state index < -0.39 is 12.5 Å². The van der Waals surface area contributed by atoms with Crippen LogP contribution >= 0.6 is 11.6 Å². The van der Waals surface area contributed by atoms with Gasteiger partial charge in [-0.1, -0.05) is 41.9 Å². The molecule has 0 aliphatic rings. The third-order valence-electron chi connectivity index (χ3n) is 4.59. The fourth-order valence-corrected chi connectivity index (χ4v) is 3.81. The van der Waals surface area contributed by atoms with Crippen molar-refractivity contribution < 1.29 is 18.3 Å². The number of rotatable bonds is 5. The van der Waals surface area contributed by atoms with Gasteiger partial charge in [0.2, 0.25) is 5.91 Å². The van der Waals surface area contributed by atoms with Crippen LogP contribution in [0.2, 0.25) is 5.02 Å². The van der Waals surface area contributed by atoms with Crippen LogP contribution in [0.5, 0.6) is 5.75 Å². The Bertz CT molecular complexity index is 1200. The minimum atomic E-state index is -2.89. The molecule has 4 nitrogen and oxygen atoms in total. The molecule has 7 heteroatoms. The first-order chi connectivity index (χ1) is 13.5. The first kappa shape index (κ1) is 18.3. The lowest BCUT2D eigenvalue weighted by atomic mass is 10.1. The van der Waals surface area contributed by atoms with Gasteiger partial charge in [-0.25, -0.2) is 0 Å². The summed E-state index contributed by atoms with van der Waals surface area (Å²) in [7, 11) is 0. The smallest absolute Gasteiger partial charge is 0.387 e. The Labute approximate surface area is 164 Å². The summed E-state index contributed by atoms with van der Waals surface area (Å²) < 4.78 is 31.5. The number of ether oxygens (including phenoxy) is 1. The van der Waals surface area contributed by atoms with Crippen molar-refractivity contribution in [2.75, 3.05) is 0 Å². The molecule has 0 fully saturated rings. The normalized spacial score (nSPS) is 11.4. The molecule has 0 saturated heterocycles. The largest absolute Gasteiger partial charge is 0.435 e. The van der Waals surface area contributed by atoms with E-state index in [1.807, 2.05) is 28.8 Å². The molecule has 0 saturated carbocycles. The van der Waals surface area contributed by atoms with Crippen molar-refractivity contribution in [1.29, 1.82) is 0 Å². The van der Waals surface area contributed by atoms with Crippen LogP contribution in [0.15, 0.2) is 60.7 Å².